The molecule has 24 heavy (non-hydrogen) atoms. The third-order valence-corrected chi connectivity index (χ3v) is 3.27. The van der Waals surface area contributed by atoms with Crippen molar-refractivity contribution in [3.63, 3.8) is 0 Å². The van der Waals surface area contributed by atoms with Crippen molar-refractivity contribution < 1.29 is 18.7 Å². The summed E-state index contributed by atoms with van der Waals surface area (Å²) in [7, 11) is 0. The molecule has 0 amide bonds. The Morgan fingerprint density at radius 2 is 1.79 bits per heavy atom. The molecule has 0 unspecified atom stereocenters. The quantitative estimate of drug-likeness (QED) is 0.637. The van der Waals surface area contributed by atoms with Gasteiger partial charge in [0.05, 0.1) is 0 Å². The van der Waals surface area contributed by atoms with Crippen LogP contribution >= 0.6 is 11.6 Å². The van der Waals surface area contributed by atoms with Crippen LogP contribution in [0.2, 0.25) is 5.02 Å². The highest BCUT2D eigenvalue weighted by Crippen LogP contribution is 2.17. The molecule has 0 bridgehead atoms. The van der Waals surface area contributed by atoms with Crippen LogP contribution in [-0.2, 0) is 16.1 Å². The van der Waals surface area contributed by atoms with Gasteiger partial charge in [0.1, 0.15) is 5.75 Å². The number of halogens is 1. The van der Waals surface area contributed by atoms with Crippen LogP contribution in [0.3, 0.4) is 0 Å². The third kappa shape index (κ3) is 4.33. The van der Waals surface area contributed by atoms with Gasteiger partial charge in [0, 0.05) is 10.6 Å². The Balaban J connectivity index is 1.48. The van der Waals surface area contributed by atoms with Crippen LogP contribution in [-0.4, -0.2) is 22.8 Å². The van der Waals surface area contributed by atoms with Gasteiger partial charge in [0.25, 0.3) is 5.89 Å². The first kappa shape index (κ1) is 16.0. The Hall–Kier alpha value is -2.86. The van der Waals surface area contributed by atoms with Crippen molar-refractivity contribution in [3.05, 3.63) is 65.5 Å². The summed E-state index contributed by atoms with van der Waals surface area (Å²) < 4.78 is 15.8. The maximum absolute atomic E-state index is 11.7. The standard InChI is InChI=1S/C17H13ClN2O4/c18-13-6-8-14(9-7-13)22-11-16(21)23-10-15-19-20-17(24-15)12-4-2-1-3-5-12/h1-9H,10-11H2. The highest BCUT2D eigenvalue weighted by atomic mass is 35.5. The fraction of sp³-hybridized carbons (Fsp3) is 0.118. The number of ether oxygens (including phenoxy) is 2. The van der Waals surface area contributed by atoms with Crippen LogP contribution in [0.15, 0.2) is 59.0 Å². The van der Waals surface area contributed by atoms with Gasteiger partial charge in [0.15, 0.2) is 13.2 Å². The van der Waals surface area contributed by atoms with Crippen molar-refractivity contribution in [2.24, 2.45) is 0 Å². The Morgan fingerprint density at radius 1 is 1.04 bits per heavy atom. The van der Waals surface area contributed by atoms with Gasteiger partial charge in [-0.15, -0.1) is 10.2 Å². The molecule has 1 aromatic heterocycles. The van der Waals surface area contributed by atoms with Gasteiger partial charge in [-0.1, -0.05) is 29.8 Å². The highest BCUT2D eigenvalue weighted by Gasteiger charge is 2.11. The Morgan fingerprint density at radius 3 is 2.54 bits per heavy atom. The monoisotopic (exact) mass is 344 g/mol. The Bertz CT molecular complexity index is 803. The summed E-state index contributed by atoms with van der Waals surface area (Å²) in [5.41, 5.74) is 0.800. The largest absolute Gasteiger partial charge is 0.482 e. The van der Waals surface area contributed by atoms with E-state index in [1.807, 2.05) is 30.3 Å². The lowest BCUT2D eigenvalue weighted by atomic mass is 10.2. The number of rotatable bonds is 6. The minimum Gasteiger partial charge on any atom is -0.482 e. The summed E-state index contributed by atoms with van der Waals surface area (Å²) in [4.78, 5) is 11.7. The van der Waals surface area contributed by atoms with Crippen LogP contribution in [0.5, 0.6) is 5.75 Å². The van der Waals surface area contributed by atoms with E-state index < -0.39 is 5.97 Å². The first-order valence-electron chi connectivity index (χ1n) is 7.12. The molecule has 0 saturated heterocycles. The predicted octanol–water partition coefficient (Wildman–Crippen LogP) is 3.51. The van der Waals surface area contributed by atoms with Gasteiger partial charge >= 0.3 is 5.97 Å². The topological polar surface area (TPSA) is 74.5 Å². The summed E-state index contributed by atoms with van der Waals surface area (Å²) >= 11 is 5.77. The highest BCUT2D eigenvalue weighted by molar-refractivity contribution is 6.30. The smallest absolute Gasteiger partial charge is 0.344 e. The lowest BCUT2D eigenvalue weighted by Gasteiger charge is -2.05. The number of esters is 1. The fourth-order valence-electron chi connectivity index (χ4n) is 1.87. The zero-order chi connectivity index (χ0) is 16.8. The zero-order valence-electron chi connectivity index (χ0n) is 12.5. The van der Waals surface area contributed by atoms with E-state index in [0.717, 1.165) is 5.56 Å². The minimum atomic E-state index is -0.538. The van der Waals surface area contributed by atoms with Crippen LogP contribution in [0, 0.1) is 0 Å². The molecule has 3 aromatic rings. The molecule has 0 spiro atoms. The van der Waals surface area contributed by atoms with Gasteiger partial charge < -0.3 is 13.9 Å². The van der Waals surface area contributed by atoms with E-state index in [2.05, 4.69) is 10.2 Å². The van der Waals surface area contributed by atoms with Crippen molar-refractivity contribution in [1.82, 2.24) is 10.2 Å². The van der Waals surface area contributed by atoms with Gasteiger partial charge in [-0.3, -0.25) is 0 Å². The van der Waals surface area contributed by atoms with E-state index in [1.54, 1.807) is 24.3 Å². The molecule has 3 rings (SSSR count). The van der Waals surface area contributed by atoms with Gasteiger partial charge in [-0.05, 0) is 36.4 Å². The van der Waals surface area contributed by atoms with E-state index in [0.29, 0.717) is 16.7 Å². The third-order valence-electron chi connectivity index (χ3n) is 3.01. The molecule has 122 valence electrons. The molecule has 2 aromatic carbocycles. The predicted molar refractivity (Wildman–Crippen MR) is 86.5 cm³/mol. The summed E-state index contributed by atoms with van der Waals surface area (Å²) in [6, 6.07) is 16.0. The van der Waals surface area contributed by atoms with Crippen molar-refractivity contribution in [2.45, 2.75) is 6.61 Å². The molecule has 0 fully saturated rings. The molecular formula is C17H13ClN2O4. The van der Waals surface area contributed by atoms with Gasteiger partial charge in [-0.25, -0.2) is 4.79 Å². The van der Waals surface area contributed by atoms with Crippen molar-refractivity contribution in [2.75, 3.05) is 6.61 Å². The van der Waals surface area contributed by atoms with Gasteiger partial charge in [-0.2, -0.15) is 0 Å². The Kier molecular flexibility index (Phi) is 5.08. The van der Waals surface area contributed by atoms with E-state index >= 15 is 0 Å². The molecule has 0 aliphatic rings. The number of carbonyl (C=O) groups is 1. The lowest BCUT2D eigenvalue weighted by Crippen LogP contribution is -2.14. The average molecular weight is 345 g/mol. The second kappa shape index (κ2) is 7.61. The number of nitrogens with zero attached hydrogens (tertiary/aromatic N) is 2. The van der Waals surface area contributed by atoms with Crippen LogP contribution in [0.25, 0.3) is 11.5 Å². The normalized spacial score (nSPS) is 10.4. The van der Waals surface area contributed by atoms with E-state index in [-0.39, 0.29) is 19.1 Å². The van der Waals surface area contributed by atoms with Gasteiger partial charge in [0.2, 0.25) is 5.89 Å². The molecule has 0 aliphatic heterocycles. The average Bonchev–Trinajstić information content (AvgIpc) is 3.09. The number of benzene rings is 2. The molecule has 1 heterocycles. The van der Waals surface area contributed by atoms with E-state index in [1.165, 1.54) is 0 Å². The summed E-state index contributed by atoms with van der Waals surface area (Å²) in [5, 5.41) is 8.35. The zero-order valence-corrected chi connectivity index (χ0v) is 13.3. The summed E-state index contributed by atoms with van der Waals surface area (Å²) in [5.74, 6) is 0.581. The fourth-order valence-corrected chi connectivity index (χ4v) is 1.99. The first-order chi connectivity index (χ1) is 11.7. The maximum Gasteiger partial charge on any atom is 0.344 e. The van der Waals surface area contributed by atoms with E-state index in [4.69, 9.17) is 25.5 Å². The molecule has 0 N–H and O–H groups in total. The molecule has 0 saturated carbocycles. The Labute approximate surface area is 143 Å². The molecule has 6 nitrogen and oxygen atoms in total. The van der Waals surface area contributed by atoms with Crippen LogP contribution in [0.1, 0.15) is 5.89 Å². The van der Waals surface area contributed by atoms with Crippen molar-refractivity contribution in [1.29, 1.82) is 0 Å². The van der Waals surface area contributed by atoms with Crippen LogP contribution in [0.4, 0.5) is 0 Å². The number of aromatic nitrogens is 2. The lowest BCUT2D eigenvalue weighted by molar-refractivity contribution is -0.148. The summed E-state index contributed by atoms with van der Waals surface area (Å²) in [6.07, 6.45) is 0. The molecule has 0 atom stereocenters. The SMILES string of the molecule is O=C(COc1ccc(Cl)cc1)OCc1nnc(-c2ccccc2)o1. The number of hydrogen-bond donors (Lipinski definition) is 0. The van der Waals surface area contributed by atoms with E-state index in [9.17, 15) is 4.79 Å². The number of carbonyl (C=O) groups excluding carboxylic acids is 1. The molecule has 0 radical (unpaired) electrons. The minimum absolute atomic E-state index is 0.108. The van der Waals surface area contributed by atoms with Crippen LogP contribution < -0.4 is 4.74 Å². The molecular weight excluding hydrogens is 332 g/mol. The maximum atomic E-state index is 11.7. The van der Waals surface area contributed by atoms with Crippen molar-refractivity contribution in [3.8, 4) is 17.2 Å². The number of hydrogen-bond acceptors (Lipinski definition) is 6. The second-order valence-electron chi connectivity index (χ2n) is 4.77. The second-order valence-corrected chi connectivity index (χ2v) is 5.21. The summed E-state index contributed by atoms with van der Waals surface area (Å²) in [6.45, 7) is -0.329. The first-order valence-corrected chi connectivity index (χ1v) is 7.50. The molecule has 0 aliphatic carbocycles. The van der Waals surface area contributed by atoms with Crippen molar-refractivity contribution >= 4 is 17.6 Å². The molecule has 7 heteroatoms.